The highest BCUT2D eigenvalue weighted by Crippen LogP contribution is 2.39. The van der Waals surface area contributed by atoms with Crippen LogP contribution in [0.5, 0.6) is 5.75 Å². The lowest BCUT2D eigenvalue weighted by molar-refractivity contribution is -0.0500. The molecule has 2 aromatic carbocycles. The Hall–Kier alpha value is -1.83. The first-order valence-corrected chi connectivity index (χ1v) is 10.8. The first kappa shape index (κ1) is 20.9. The van der Waals surface area contributed by atoms with Crippen LogP contribution in [-0.2, 0) is 10.1 Å². The molecule has 0 unspecified atom stereocenters. The molecule has 0 aromatic heterocycles. The van der Waals surface area contributed by atoms with Crippen molar-refractivity contribution in [1.29, 1.82) is 0 Å². The highest BCUT2D eigenvalue weighted by atomic mass is 32.2. The highest BCUT2D eigenvalue weighted by molar-refractivity contribution is 7.88. The molecule has 3 nitrogen and oxygen atoms in total. The van der Waals surface area contributed by atoms with E-state index in [2.05, 4.69) is 11.1 Å². The van der Waals surface area contributed by atoms with Gasteiger partial charge in [-0.2, -0.15) is 21.6 Å². The summed E-state index contributed by atoms with van der Waals surface area (Å²) in [6.45, 7) is 2.18. The van der Waals surface area contributed by atoms with Crippen LogP contribution in [0.25, 0.3) is 10.8 Å². The van der Waals surface area contributed by atoms with Crippen molar-refractivity contribution >= 4 is 20.9 Å². The summed E-state index contributed by atoms with van der Waals surface area (Å²) in [5.74, 6) is -0.947. The maximum atomic E-state index is 14.5. The van der Waals surface area contributed by atoms with Gasteiger partial charge in [-0.15, -0.1) is 0 Å². The van der Waals surface area contributed by atoms with Crippen LogP contribution in [-0.4, -0.2) is 13.9 Å². The van der Waals surface area contributed by atoms with E-state index in [0.717, 1.165) is 43.2 Å². The number of fused-ring (bicyclic) bond motifs is 1. The van der Waals surface area contributed by atoms with E-state index in [4.69, 9.17) is 0 Å². The predicted molar refractivity (Wildman–Crippen MR) is 99.1 cm³/mol. The molecule has 1 saturated carbocycles. The lowest BCUT2D eigenvalue weighted by Gasteiger charge is -2.28. The summed E-state index contributed by atoms with van der Waals surface area (Å²) in [6, 6.07) is 7.36. The van der Waals surface area contributed by atoms with E-state index in [0.29, 0.717) is 11.3 Å². The molecule has 0 bridgehead atoms. The zero-order valence-electron chi connectivity index (χ0n) is 15.4. The van der Waals surface area contributed by atoms with Crippen LogP contribution in [0.3, 0.4) is 0 Å². The molecule has 0 spiro atoms. The molecule has 1 fully saturated rings. The van der Waals surface area contributed by atoms with Crippen molar-refractivity contribution in [3.05, 3.63) is 41.7 Å². The fourth-order valence-corrected chi connectivity index (χ4v) is 4.43. The van der Waals surface area contributed by atoms with E-state index in [1.54, 1.807) is 6.07 Å². The van der Waals surface area contributed by atoms with Crippen molar-refractivity contribution in [3.63, 3.8) is 0 Å². The van der Waals surface area contributed by atoms with Crippen molar-refractivity contribution in [2.45, 2.75) is 56.9 Å². The van der Waals surface area contributed by atoms with Gasteiger partial charge in [-0.1, -0.05) is 44.0 Å². The molecule has 0 atom stereocenters. The minimum atomic E-state index is -5.92. The number of hydrogen-bond acceptors (Lipinski definition) is 3. The molecule has 8 heteroatoms. The van der Waals surface area contributed by atoms with Crippen molar-refractivity contribution < 1.29 is 30.2 Å². The largest absolute Gasteiger partial charge is 0.534 e. The molecule has 154 valence electrons. The lowest BCUT2D eigenvalue weighted by Crippen LogP contribution is -2.28. The molecule has 0 aliphatic heterocycles. The third-order valence-corrected chi connectivity index (χ3v) is 6.41. The van der Waals surface area contributed by atoms with Crippen molar-refractivity contribution in [2.24, 2.45) is 5.92 Å². The summed E-state index contributed by atoms with van der Waals surface area (Å²) in [6.07, 6.45) is 6.85. The number of halogens is 4. The smallest absolute Gasteiger partial charge is 0.373 e. The summed E-state index contributed by atoms with van der Waals surface area (Å²) in [5.41, 5.74) is -4.55. The van der Waals surface area contributed by atoms with Crippen LogP contribution < -0.4 is 4.18 Å². The molecule has 28 heavy (non-hydrogen) atoms. The Morgan fingerprint density at radius 1 is 1.07 bits per heavy atom. The van der Waals surface area contributed by atoms with Gasteiger partial charge >= 0.3 is 15.6 Å². The summed E-state index contributed by atoms with van der Waals surface area (Å²) in [5, 5.41) is 0.528. The molecule has 0 radical (unpaired) electrons. The Morgan fingerprint density at radius 2 is 1.75 bits per heavy atom. The second-order valence-corrected chi connectivity index (χ2v) is 8.89. The summed E-state index contributed by atoms with van der Waals surface area (Å²) in [4.78, 5) is 0. The summed E-state index contributed by atoms with van der Waals surface area (Å²) in [7, 11) is -5.92. The second kappa shape index (κ2) is 7.89. The first-order valence-electron chi connectivity index (χ1n) is 9.35. The molecule has 0 amide bonds. The van der Waals surface area contributed by atoms with Crippen molar-refractivity contribution in [2.75, 3.05) is 0 Å². The third-order valence-electron chi connectivity index (χ3n) is 5.44. The number of benzene rings is 2. The van der Waals surface area contributed by atoms with Gasteiger partial charge in [0.15, 0.2) is 11.6 Å². The fraction of sp³-hybridized carbons (Fsp3) is 0.500. The van der Waals surface area contributed by atoms with Gasteiger partial charge in [0, 0.05) is 5.39 Å². The molecule has 0 N–H and O–H groups in total. The van der Waals surface area contributed by atoms with E-state index in [1.165, 1.54) is 25.0 Å². The van der Waals surface area contributed by atoms with Crippen LogP contribution in [0.4, 0.5) is 17.6 Å². The number of alkyl halides is 3. The predicted octanol–water partition coefficient (Wildman–Crippen LogP) is 6.28. The monoisotopic (exact) mass is 418 g/mol. The summed E-state index contributed by atoms with van der Waals surface area (Å²) < 4.78 is 78.2. The van der Waals surface area contributed by atoms with Gasteiger partial charge in [0.2, 0.25) is 0 Å². The molecule has 1 aliphatic carbocycles. The van der Waals surface area contributed by atoms with Gasteiger partial charge in [0.05, 0.1) is 0 Å². The number of hydrogen-bond donors (Lipinski definition) is 0. The van der Waals surface area contributed by atoms with Crippen LogP contribution in [0, 0.1) is 11.7 Å². The van der Waals surface area contributed by atoms with Crippen LogP contribution in [0.2, 0.25) is 0 Å². The fourth-order valence-electron chi connectivity index (χ4n) is 3.97. The Balaban J connectivity index is 1.83. The van der Waals surface area contributed by atoms with Gasteiger partial charge in [-0.05, 0) is 54.5 Å². The Bertz CT molecular complexity index is 946. The SMILES string of the molecule is CCCC1CCC(c2ccc3c(F)c(OS(=O)(=O)C(F)(F)F)ccc3c2)CC1. The molecule has 0 heterocycles. The highest BCUT2D eigenvalue weighted by Gasteiger charge is 2.49. The Labute approximate surface area is 161 Å². The van der Waals surface area contributed by atoms with E-state index >= 15 is 0 Å². The average Bonchev–Trinajstić information content (AvgIpc) is 2.64. The zero-order chi connectivity index (χ0) is 20.5. The molecular formula is C20H22F4O3S. The normalized spacial score (nSPS) is 21.0. The molecule has 1 aliphatic rings. The first-order chi connectivity index (χ1) is 13.1. The molecule has 2 aromatic rings. The Kier molecular flexibility index (Phi) is 5.89. The van der Waals surface area contributed by atoms with Crippen LogP contribution in [0.1, 0.15) is 56.9 Å². The molecular weight excluding hydrogens is 396 g/mol. The van der Waals surface area contributed by atoms with Gasteiger partial charge in [-0.3, -0.25) is 0 Å². The zero-order valence-corrected chi connectivity index (χ0v) is 16.2. The summed E-state index contributed by atoms with van der Waals surface area (Å²) >= 11 is 0. The standard InChI is InChI=1S/C20H22F4O3S/c1-2-3-13-4-6-14(7-5-13)15-8-10-17-16(12-15)9-11-18(19(17)21)27-28(25,26)20(22,23)24/h8-14H,2-7H2,1H3. The minimum Gasteiger partial charge on any atom is -0.373 e. The van der Waals surface area contributed by atoms with Gasteiger partial charge in [0.25, 0.3) is 0 Å². The topological polar surface area (TPSA) is 43.4 Å². The van der Waals surface area contributed by atoms with Crippen LogP contribution in [0.15, 0.2) is 30.3 Å². The van der Waals surface area contributed by atoms with E-state index < -0.39 is 27.2 Å². The van der Waals surface area contributed by atoms with Crippen molar-refractivity contribution in [3.8, 4) is 5.75 Å². The average molecular weight is 418 g/mol. The molecule has 3 rings (SSSR count). The quantitative estimate of drug-likeness (QED) is 0.326. The van der Waals surface area contributed by atoms with Crippen molar-refractivity contribution in [1.82, 2.24) is 0 Å². The van der Waals surface area contributed by atoms with Crippen LogP contribution >= 0.6 is 0 Å². The lowest BCUT2D eigenvalue weighted by atomic mass is 9.77. The maximum absolute atomic E-state index is 14.5. The minimum absolute atomic E-state index is 0.0262. The van der Waals surface area contributed by atoms with Gasteiger partial charge in [0.1, 0.15) is 0 Å². The van der Waals surface area contributed by atoms with E-state index in [1.807, 2.05) is 6.07 Å². The number of rotatable bonds is 5. The maximum Gasteiger partial charge on any atom is 0.534 e. The van der Waals surface area contributed by atoms with E-state index in [9.17, 15) is 26.0 Å². The third kappa shape index (κ3) is 4.26. The second-order valence-electron chi connectivity index (χ2n) is 7.35. The van der Waals surface area contributed by atoms with Gasteiger partial charge < -0.3 is 4.18 Å². The molecule has 0 saturated heterocycles. The van der Waals surface area contributed by atoms with E-state index in [-0.39, 0.29) is 5.39 Å². The Morgan fingerprint density at radius 3 is 2.36 bits per heavy atom. The van der Waals surface area contributed by atoms with Gasteiger partial charge in [-0.25, -0.2) is 4.39 Å².